The second kappa shape index (κ2) is 9.24. The molecule has 162 valence electrons. The number of hydrogen-bond donors (Lipinski definition) is 2. The lowest BCUT2D eigenvalue weighted by Gasteiger charge is -2.22. The molecule has 1 aliphatic carbocycles. The summed E-state index contributed by atoms with van der Waals surface area (Å²) in [6.07, 6.45) is 2.09. The van der Waals surface area contributed by atoms with Crippen LogP contribution in [0.25, 0.3) is 0 Å². The summed E-state index contributed by atoms with van der Waals surface area (Å²) < 4.78 is 21.7. The predicted molar refractivity (Wildman–Crippen MR) is 109 cm³/mol. The van der Waals surface area contributed by atoms with Crippen molar-refractivity contribution < 1.29 is 28.5 Å². The standard InChI is InChI=1S/C21H32N2O6/c1-21(2,3)29-20(25)23-11-12-7-8-13(9-12)16-14(19(22)24)10-15(26-4)17(27-5)18(16)28-6/h10,12-13H,7-9,11H2,1-6H3,(H2,22,24)(H,23,25)/t12-,13+/m0/s1. The fraction of sp³-hybridized carbons (Fsp3) is 0.619. The summed E-state index contributed by atoms with van der Waals surface area (Å²) in [5.41, 5.74) is 6.21. The van der Waals surface area contributed by atoms with Crippen LogP contribution in [0.15, 0.2) is 6.07 Å². The number of methoxy groups -OCH3 is 3. The molecular formula is C21H32N2O6. The Labute approximate surface area is 172 Å². The van der Waals surface area contributed by atoms with E-state index in [-0.39, 0.29) is 11.8 Å². The highest BCUT2D eigenvalue weighted by Crippen LogP contribution is 2.49. The Balaban J connectivity index is 2.22. The van der Waals surface area contributed by atoms with Crippen molar-refractivity contribution in [2.24, 2.45) is 11.7 Å². The van der Waals surface area contributed by atoms with Crippen LogP contribution in [0.5, 0.6) is 17.2 Å². The molecule has 1 saturated carbocycles. The summed E-state index contributed by atoms with van der Waals surface area (Å²) in [5, 5.41) is 2.83. The van der Waals surface area contributed by atoms with Crippen LogP contribution < -0.4 is 25.3 Å². The fourth-order valence-electron chi connectivity index (χ4n) is 3.85. The molecule has 0 unspecified atom stereocenters. The number of nitrogens with one attached hydrogen (secondary N) is 1. The lowest BCUT2D eigenvalue weighted by Crippen LogP contribution is -2.34. The van der Waals surface area contributed by atoms with Crippen molar-refractivity contribution in [2.45, 2.75) is 51.6 Å². The minimum atomic E-state index is -0.547. The Hall–Kier alpha value is -2.64. The van der Waals surface area contributed by atoms with E-state index in [2.05, 4.69) is 5.32 Å². The summed E-state index contributed by atoms with van der Waals surface area (Å²) in [4.78, 5) is 24.1. The van der Waals surface area contributed by atoms with E-state index in [1.807, 2.05) is 20.8 Å². The first-order chi connectivity index (χ1) is 13.6. The molecule has 8 nitrogen and oxygen atoms in total. The van der Waals surface area contributed by atoms with Gasteiger partial charge < -0.3 is 30.0 Å². The van der Waals surface area contributed by atoms with Crippen LogP contribution in [-0.4, -0.2) is 45.5 Å². The highest BCUT2D eigenvalue weighted by molar-refractivity contribution is 5.96. The molecule has 1 aromatic rings. The molecular weight excluding hydrogens is 376 g/mol. The van der Waals surface area contributed by atoms with Crippen molar-refractivity contribution in [3.05, 3.63) is 17.2 Å². The van der Waals surface area contributed by atoms with Gasteiger partial charge in [0.15, 0.2) is 11.5 Å². The Bertz CT molecular complexity index is 757. The van der Waals surface area contributed by atoms with Gasteiger partial charge in [-0.15, -0.1) is 0 Å². The summed E-state index contributed by atoms with van der Waals surface area (Å²) in [6, 6.07) is 1.60. The van der Waals surface area contributed by atoms with Crippen LogP contribution in [0.3, 0.4) is 0 Å². The third-order valence-electron chi connectivity index (χ3n) is 5.02. The van der Waals surface area contributed by atoms with Gasteiger partial charge in [0.05, 0.1) is 26.9 Å². The molecule has 0 spiro atoms. The number of ether oxygens (including phenoxy) is 4. The van der Waals surface area contributed by atoms with Crippen molar-refractivity contribution in [1.82, 2.24) is 5.32 Å². The summed E-state index contributed by atoms with van der Waals surface area (Å²) in [6.45, 7) is 5.99. The molecule has 29 heavy (non-hydrogen) atoms. The second-order valence-corrected chi connectivity index (χ2v) is 8.23. The van der Waals surface area contributed by atoms with Gasteiger partial charge in [-0.1, -0.05) is 0 Å². The lowest BCUT2D eigenvalue weighted by molar-refractivity contribution is 0.0519. The highest BCUT2D eigenvalue weighted by Gasteiger charge is 2.34. The number of carbonyl (C=O) groups is 2. The van der Waals surface area contributed by atoms with E-state index in [0.29, 0.717) is 29.4 Å². The molecule has 0 aliphatic heterocycles. The van der Waals surface area contributed by atoms with Gasteiger partial charge in [-0.3, -0.25) is 4.79 Å². The molecule has 0 heterocycles. The molecule has 1 fully saturated rings. The number of amides is 2. The minimum absolute atomic E-state index is 0.0534. The number of hydrogen-bond acceptors (Lipinski definition) is 6. The zero-order valence-electron chi connectivity index (χ0n) is 18.1. The number of carbonyl (C=O) groups excluding carboxylic acids is 2. The third kappa shape index (κ3) is 5.46. The van der Waals surface area contributed by atoms with Crippen LogP contribution in [0.1, 0.15) is 61.9 Å². The quantitative estimate of drug-likeness (QED) is 0.717. The Morgan fingerprint density at radius 3 is 2.28 bits per heavy atom. The van der Waals surface area contributed by atoms with E-state index in [4.69, 9.17) is 24.7 Å². The van der Waals surface area contributed by atoms with Gasteiger partial charge in [-0.25, -0.2) is 4.79 Å². The molecule has 0 radical (unpaired) electrons. The zero-order valence-corrected chi connectivity index (χ0v) is 18.1. The molecule has 0 bridgehead atoms. The highest BCUT2D eigenvalue weighted by atomic mass is 16.6. The van der Waals surface area contributed by atoms with Crippen LogP contribution >= 0.6 is 0 Å². The average molecular weight is 408 g/mol. The van der Waals surface area contributed by atoms with E-state index >= 15 is 0 Å². The lowest BCUT2D eigenvalue weighted by atomic mass is 9.90. The Kier molecular flexibility index (Phi) is 7.21. The molecule has 3 N–H and O–H groups in total. The van der Waals surface area contributed by atoms with E-state index in [9.17, 15) is 9.59 Å². The average Bonchev–Trinajstić information content (AvgIpc) is 3.11. The summed E-state index contributed by atoms with van der Waals surface area (Å²) >= 11 is 0. The molecule has 1 aliphatic rings. The molecule has 2 amide bonds. The molecule has 2 atom stereocenters. The Morgan fingerprint density at radius 2 is 1.76 bits per heavy atom. The zero-order chi connectivity index (χ0) is 21.8. The predicted octanol–water partition coefficient (Wildman–Crippen LogP) is 3.22. The number of benzene rings is 1. The number of nitrogens with two attached hydrogens (primary N) is 1. The topological polar surface area (TPSA) is 109 Å². The van der Waals surface area contributed by atoms with E-state index < -0.39 is 17.6 Å². The van der Waals surface area contributed by atoms with Crippen LogP contribution in [0.4, 0.5) is 4.79 Å². The van der Waals surface area contributed by atoms with Crippen molar-refractivity contribution in [3.63, 3.8) is 0 Å². The molecule has 0 aromatic heterocycles. The monoisotopic (exact) mass is 408 g/mol. The molecule has 2 rings (SSSR count). The normalized spacial score (nSPS) is 18.8. The third-order valence-corrected chi connectivity index (χ3v) is 5.02. The van der Waals surface area contributed by atoms with Crippen molar-refractivity contribution in [3.8, 4) is 17.2 Å². The molecule has 8 heteroatoms. The maximum absolute atomic E-state index is 12.1. The molecule has 0 saturated heterocycles. The van der Waals surface area contributed by atoms with Gasteiger partial charge >= 0.3 is 6.09 Å². The van der Waals surface area contributed by atoms with Gasteiger partial charge in [0.1, 0.15) is 5.60 Å². The van der Waals surface area contributed by atoms with Gasteiger partial charge in [-0.2, -0.15) is 0 Å². The second-order valence-electron chi connectivity index (χ2n) is 8.23. The molecule has 1 aromatic carbocycles. The van der Waals surface area contributed by atoms with Crippen molar-refractivity contribution >= 4 is 12.0 Å². The first-order valence-electron chi connectivity index (χ1n) is 9.70. The van der Waals surface area contributed by atoms with Crippen LogP contribution in [0.2, 0.25) is 0 Å². The first-order valence-corrected chi connectivity index (χ1v) is 9.70. The van der Waals surface area contributed by atoms with Gasteiger partial charge in [-0.05, 0) is 57.9 Å². The minimum Gasteiger partial charge on any atom is -0.493 e. The van der Waals surface area contributed by atoms with Crippen LogP contribution in [-0.2, 0) is 4.74 Å². The van der Waals surface area contributed by atoms with Crippen molar-refractivity contribution in [1.29, 1.82) is 0 Å². The fourth-order valence-corrected chi connectivity index (χ4v) is 3.85. The Morgan fingerprint density at radius 1 is 1.10 bits per heavy atom. The number of primary amides is 1. The van der Waals surface area contributed by atoms with E-state index in [1.165, 1.54) is 21.3 Å². The number of alkyl carbamates (subject to hydrolysis) is 1. The van der Waals surface area contributed by atoms with Gasteiger partial charge in [0.25, 0.3) is 0 Å². The number of rotatable bonds is 7. The largest absolute Gasteiger partial charge is 0.493 e. The smallest absolute Gasteiger partial charge is 0.407 e. The van der Waals surface area contributed by atoms with Gasteiger partial charge in [0.2, 0.25) is 11.7 Å². The first kappa shape index (κ1) is 22.6. The van der Waals surface area contributed by atoms with E-state index in [0.717, 1.165) is 24.8 Å². The summed E-state index contributed by atoms with van der Waals surface area (Å²) in [7, 11) is 4.55. The maximum atomic E-state index is 12.1. The van der Waals surface area contributed by atoms with E-state index in [1.54, 1.807) is 6.07 Å². The SMILES string of the molecule is COc1cc(C(N)=O)c([C@@H]2CC[C@H](CNC(=O)OC(C)(C)C)C2)c(OC)c1OC. The maximum Gasteiger partial charge on any atom is 0.407 e. The van der Waals surface area contributed by atoms with Crippen molar-refractivity contribution in [2.75, 3.05) is 27.9 Å². The van der Waals surface area contributed by atoms with Gasteiger partial charge in [0, 0.05) is 12.1 Å². The van der Waals surface area contributed by atoms with Crippen LogP contribution in [0, 0.1) is 5.92 Å². The summed E-state index contributed by atoms with van der Waals surface area (Å²) in [5.74, 6) is 1.05.